The molecule has 1 atom stereocenters. The zero-order valence-electron chi connectivity index (χ0n) is 12.5. The number of carbonyl (C=O) groups is 2. The third-order valence-electron chi connectivity index (χ3n) is 4.52. The predicted molar refractivity (Wildman–Crippen MR) is 78.5 cm³/mol. The standard InChI is InChI=1S/C16H20N2O4/c1-10-9-22-14-7-12(15(19)17-21)5-6-13(14)8-18(10)16(20)11-3-2-4-11/h5-7,10-11,21H,2-4,8-9H2,1H3,(H,17,19). The molecule has 1 heterocycles. The zero-order chi connectivity index (χ0) is 15.7. The van der Waals surface area contributed by atoms with Gasteiger partial charge in [-0.2, -0.15) is 0 Å². The molecule has 1 aromatic carbocycles. The van der Waals surface area contributed by atoms with Crippen LogP contribution >= 0.6 is 0 Å². The van der Waals surface area contributed by atoms with Gasteiger partial charge >= 0.3 is 0 Å². The van der Waals surface area contributed by atoms with E-state index in [1.54, 1.807) is 23.7 Å². The summed E-state index contributed by atoms with van der Waals surface area (Å²) in [6.45, 7) is 2.87. The molecule has 118 valence electrons. The number of amides is 2. The van der Waals surface area contributed by atoms with Gasteiger partial charge in [0.2, 0.25) is 5.91 Å². The fraction of sp³-hybridized carbons (Fsp3) is 0.500. The maximum absolute atomic E-state index is 12.5. The molecule has 1 fully saturated rings. The summed E-state index contributed by atoms with van der Waals surface area (Å²) in [5.41, 5.74) is 2.82. The Kier molecular flexibility index (Phi) is 4.02. The molecule has 1 aromatic rings. The largest absolute Gasteiger partial charge is 0.491 e. The third kappa shape index (κ3) is 2.66. The van der Waals surface area contributed by atoms with Gasteiger partial charge in [0, 0.05) is 23.6 Å². The van der Waals surface area contributed by atoms with Gasteiger partial charge in [-0.05, 0) is 31.9 Å². The van der Waals surface area contributed by atoms with Crippen molar-refractivity contribution in [3.8, 4) is 5.75 Å². The average molecular weight is 304 g/mol. The number of nitrogens with one attached hydrogen (secondary N) is 1. The van der Waals surface area contributed by atoms with Gasteiger partial charge in [-0.15, -0.1) is 0 Å². The van der Waals surface area contributed by atoms with Crippen molar-refractivity contribution in [3.05, 3.63) is 29.3 Å². The molecule has 2 amide bonds. The summed E-state index contributed by atoms with van der Waals surface area (Å²) in [5.74, 6) is 0.374. The van der Waals surface area contributed by atoms with Crippen LogP contribution in [0.5, 0.6) is 5.75 Å². The average Bonchev–Trinajstić information content (AvgIpc) is 2.63. The van der Waals surface area contributed by atoms with Crippen LogP contribution < -0.4 is 10.2 Å². The molecule has 0 aromatic heterocycles. The maximum atomic E-state index is 12.5. The van der Waals surface area contributed by atoms with E-state index < -0.39 is 5.91 Å². The number of hydrogen-bond acceptors (Lipinski definition) is 4. The lowest BCUT2D eigenvalue weighted by atomic mass is 9.84. The van der Waals surface area contributed by atoms with Crippen LogP contribution in [0.4, 0.5) is 0 Å². The predicted octanol–water partition coefficient (Wildman–Crippen LogP) is 1.72. The number of hydroxylamine groups is 1. The lowest BCUT2D eigenvalue weighted by molar-refractivity contribution is -0.141. The molecule has 22 heavy (non-hydrogen) atoms. The number of rotatable bonds is 2. The summed E-state index contributed by atoms with van der Waals surface area (Å²) < 4.78 is 5.75. The highest BCUT2D eigenvalue weighted by Crippen LogP contribution is 2.32. The first-order chi connectivity index (χ1) is 10.6. The number of fused-ring (bicyclic) bond motifs is 1. The zero-order valence-corrected chi connectivity index (χ0v) is 12.5. The highest BCUT2D eigenvalue weighted by Gasteiger charge is 2.33. The second-order valence-corrected chi connectivity index (χ2v) is 6.02. The summed E-state index contributed by atoms with van der Waals surface area (Å²) >= 11 is 0. The molecule has 0 radical (unpaired) electrons. The van der Waals surface area contributed by atoms with E-state index >= 15 is 0 Å². The maximum Gasteiger partial charge on any atom is 0.274 e. The molecule has 0 saturated heterocycles. The van der Waals surface area contributed by atoms with Gasteiger partial charge in [0.15, 0.2) is 0 Å². The van der Waals surface area contributed by atoms with E-state index in [0.717, 1.165) is 24.8 Å². The Labute approximate surface area is 129 Å². The Morgan fingerprint density at radius 3 is 2.77 bits per heavy atom. The van der Waals surface area contributed by atoms with Gasteiger partial charge < -0.3 is 9.64 Å². The van der Waals surface area contributed by atoms with E-state index in [1.807, 2.05) is 11.8 Å². The fourth-order valence-corrected chi connectivity index (χ4v) is 2.85. The SMILES string of the molecule is CC1COc2cc(C(=O)NO)ccc2CN1C(=O)C1CCC1. The molecular weight excluding hydrogens is 284 g/mol. The van der Waals surface area contributed by atoms with Crippen LogP contribution in [-0.2, 0) is 11.3 Å². The number of hydrogen-bond donors (Lipinski definition) is 2. The Bertz CT molecular complexity index is 598. The van der Waals surface area contributed by atoms with Crippen LogP contribution in [0.25, 0.3) is 0 Å². The van der Waals surface area contributed by atoms with Gasteiger partial charge in [0.1, 0.15) is 12.4 Å². The molecule has 2 N–H and O–H groups in total. The third-order valence-corrected chi connectivity index (χ3v) is 4.52. The van der Waals surface area contributed by atoms with Crippen molar-refractivity contribution in [1.82, 2.24) is 10.4 Å². The molecule has 1 saturated carbocycles. The van der Waals surface area contributed by atoms with Gasteiger partial charge in [-0.25, -0.2) is 5.48 Å². The molecule has 1 aliphatic carbocycles. The number of carbonyl (C=O) groups excluding carboxylic acids is 2. The molecule has 6 nitrogen and oxygen atoms in total. The molecule has 2 aliphatic rings. The minimum atomic E-state index is -0.578. The quantitative estimate of drug-likeness (QED) is 0.644. The molecule has 1 aliphatic heterocycles. The van der Waals surface area contributed by atoms with Crippen molar-refractivity contribution < 1.29 is 19.5 Å². The van der Waals surface area contributed by atoms with Crippen molar-refractivity contribution in [3.63, 3.8) is 0 Å². The van der Waals surface area contributed by atoms with Crippen LogP contribution in [0.3, 0.4) is 0 Å². The van der Waals surface area contributed by atoms with E-state index in [4.69, 9.17) is 9.94 Å². The van der Waals surface area contributed by atoms with Crippen molar-refractivity contribution in [2.45, 2.75) is 38.8 Å². The minimum Gasteiger partial charge on any atom is -0.491 e. The van der Waals surface area contributed by atoms with Crippen LogP contribution in [-0.4, -0.2) is 34.6 Å². The Balaban J connectivity index is 1.84. The molecule has 1 unspecified atom stereocenters. The van der Waals surface area contributed by atoms with E-state index in [-0.39, 0.29) is 17.9 Å². The molecule has 0 spiro atoms. The fourth-order valence-electron chi connectivity index (χ4n) is 2.85. The highest BCUT2D eigenvalue weighted by molar-refractivity contribution is 5.93. The summed E-state index contributed by atoms with van der Waals surface area (Å²) in [6, 6.07) is 5.00. The Morgan fingerprint density at radius 1 is 1.36 bits per heavy atom. The first-order valence-electron chi connectivity index (χ1n) is 7.61. The van der Waals surface area contributed by atoms with Gasteiger partial charge in [0.25, 0.3) is 5.91 Å². The van der Waals surface area contributed by atoms with Crippen LogP contribution in [0.2, 0.25) is 0 Å². The van der Waals surface area contributed by atoms with E-state index in [1.165, 1.54) is 0 Å². The lowest BCUT2D eigenvalue weighted by Gasteiger charge is -2.34. The van der Waals surface area contributed by atoms with Crippen molar-refractivity contribution >= 4 is 11.8 Å². The number of nitrogens with zero attached hydrogens (tertiary/aromatic N) is 1. The Morgan fingerprint density at radius 2 is 2.14 bits per heavy atom. The molecule has 0 bridgehead atoms. The molecular formula is C16H20N2O4. The van der Waals surface area contributed by atoms with Crippen LogP contribution in [0, 0.1) is 5.92 Å². The highest BCUT2D eigenvalue weighted by atomic mass is 16.5. The Hall–Kier alpha value is -2.08. The van der Waals surface area contributed by atoms with E-state index in [9.17, 15) is 9.59 Å². The van der Waals surface area contributed by atoms with Crippen molar-refractivity contribution in [1.29, 1.82) is 0 Å². The van der Waals surface area contributed by atoms with Gasteiger partial charge in [-0.3, -0.25) is 14.8 Å². The van der Waals surface area contributed by atoms with Crippen LogP contribution in [0.1, 0.15) is 42.1 Å². The van der Waals surface area contributed by atoms with E-state index in [0.29, 0.717) is 24.5 Å². The summed E-state index contributed by atoms with van der Waals surface area (Å²) in [5, 5.41) is 8.71. The van der Waals surface area contributed by atoms with E-state index in [2.05, 4.69) is 0 Å². The number of ether oxygens (including phenoxy) is 1. The summed E-state index contributed by atoms with van der Waals surface area (Å²) in [6.07, 6.45) is 3.09. The molecule has 6 heteroatoms. The van der Waals surface area contributed by atoms with Gasteiger partial charge in [-0.1, -0.05) is 12.5 Å². The second-order valence-electron chi connectivity index (χ2n) is 6.02. The summed E-state index contributed by atoms with van der Waals surface area (Å²) in [7, 11) is 0. The number of benzene rings is 1. The molecule has 3 rings (SSSR count). The second kappa shape index (κ2) is 5.96. The van der Waals surface area contributed by atoms with Gasteiger partial charge in [0.05, 0.1) is 6.04 Å². The lowest BCUT2D eigenvalue weighted by Crippen LogP contribution is -2.44. The normalized spacial score (nSPS) is 21.2. The topological polar surface area (TPSA) is 78.9 Å². The first kappa shape index (κ1) is 14.8. The van der Waals surface area contributed by atoms with Crippen LogP contribution in [0.15, 0.2) is 18.2 Å². The van der Waals surface area contributed by atoms with Crippen molar-refractivity contribution in [2.75, 3.05) is 6.61 Å². The van der Waals surface area contributed by atoms with Crippen molar-refractivity contribution in [2.24, 2.45) is 5.92 Å². The first-order valence-corrected chi connectivity index (χ1v) is 7.61. The summed E-state index contributed by atoms with van der Waals surface area (Å²) in [4.78, 5) is 25.9. The minimum absolute atomic E-state index is 0.00406. The monoisotopic (exact) mass is 304 g/mol. The smallest absolute Gasteiger partial charge is 0.274 e.